The van der Waals surface area contributed by atoms with Crippen LogP contribution in [0.5, 0.6) is 0 Å². The molecule has 2 fully saturated rings. The van der Waals surface area contributed by atoms with Gasteiger partial charge in [0.25, 0.3) is 5.56 Å². The van der Waals surface area contributed by atoms with Crippen molar-refractivity contribution >= 4 is 0 Å². The minimum absolute atomic E-state index is 0.221. The van der Waals surface area contributed by atoms with Gasteiger partial charge in [-0.25, -0.2) is 4.79 Å². The van der Waals surface area contributed by atoms with Crippen LogP contribution in [-0.4, -0.2) is 72.0 Å². The van der Waals surface area contributed by atoms with Gasteiger partial charge in [0, 0.05) is 31.0 Å². The molecule has 2 aliphatic rings. The van der Waals surface area contributed by atoms with E-state index in [-0.39, 0.29) is 12.7 Å². The highest BCUT2D eigenvalue weighted by molar-refractivity contribution is 5.04. The molecule has 3 heterocycles. The van der Waals surface area contributed by atoms with Gasteiger partial charge in [-0.05, 0) is 33.1 Å². The molecule has 28 heavy (non-hydrogen) atoms. The predicted molar refractivity (Wildman–Crippen MR) is 103 cm³/mol. The molecule has 2 saturated heterocycles. The molecule has 3 rings (SSSR count). The number of aromatic nitrogens is 2. The number of ether oxygens (including phenoxy) is 3. The number of nitrogens with one attached hydrogen (secondary N) is 2. The number of hydrogen-bond acceptors (Lipinski definition) is 7. The largest absolute Gasteiger partial charge is 0.388 e. The first-order valence-electron chi connectivity index (χ1n) is 9.89. The highest BCUT2D eigenvalue weighted by atomic mass is 16.6. The van der Waals surface area contributed by atoms with Crippen LogP contribution in [0.4, 0.5) is 0 Å². The second-order valence-corrected chi connectivity index (χ2v) is 7.81. The molecule has 0 radical (unpaired) electrons. The number of aryl methyl sites for hydroxylation is 1. The highest BCUT2D eigenvalue weighted by Gasteiger charge is 2.42. The fourth-order valence-electron chi connectivity index (χ4n) is 4.03. The first kappa shape index (κ1) is 21.2. The molecule has 9 nitrogen and oxygen atoms in total. The molecule has 6 atom stereocenters. The van der Waals surface area contributed by atoms with E-state index in [0.717, 1.165) is 12.8 Å². The lowest BCUT2D eigenvalue weighted by Crippen LogP contribution is -2.55. The number of hydrogen-bond donors (Lipinski definition) is 3. The first-order chi connectivity index (χ1) is 13.4. The van der Waals surface area contributed by atoms with Crippen LogP contribution in [0, 0.1) is 6.92 Å². The predicted octanol–water partition coefficient (Wildman–Crippen LogP) is -0.292. The Morgan fingerprint density at radius 2 is 2.07 bits per heavy atom. The molecule has 3 N–H and O–H groups in total. The van der Waals surface area contributed by atoms with Gasteiger partial charge in [0.15, 0.2) is 0 Å². The van der Waals surface area contributed by atoms with E-state index in [2.05, 4.69) is 17.2 Å². The van der Waals surface area contributed by atoms with Gasteiger partial charge in [-0.15, -0.1) is 0 Å². The second kappa shape index (κ2) is 9.32. The summed E-state index contributed by atoms with van der Waals surface area (Å²) in [5.41, 5.74) is -0.546. The number of nitrogens with zero attached hydrogens (tertiary/aromatic N) is 1. The van der Waals surface area contributed by atoms with Crippen LogP contribution in [0.3, 0.4) is 0 Å². The molecule has 2 aliphatic heterocycles. The fourth-order valence-corrected chi connectivity index (χ4v) is 4.03. The van der Waals surface area contributed by atoms with E-state index in [1.54, 1.807) is 14.0 Å². The number of aliphatic hydroxyl groups excluding tert-OH is 1. The molecule has 0 spiro atoms. The Morgan fingerprint density at radius 1 is 1.32 bits per heavy atom. The van der Waals surface area contributed by atoms with Crippen LogP contribution in [0.2, 0.25) is 0 Å². The van der Waals surface area contributed by atoms with Gasteiger partial charge >= 0.3 is 5.69 Å². The molecule has 0 aliphatic carbocycles. The summed E-state index contributed by atoms with van der Waals surface area (Å²) in [7, 11) is 1.58. The average molecular weight is 397 g/mol. The van der Waals surface area contributed by atoms with Gasteiger partial charge in [0.05, 0.1) is 32.0 Å². The van der Waals surface area contributed by atoms with E-state index in [1.807, 2.05) is 0 Å². The molecule has 9 heteroatoms. The standard InChI is InChI=1S/C19H31N3O6/c1-11-9-22(19(25)21-18(11)24)14-10-28-15(5-4-13-8-12(2)20-13)16(23)17(14)27-7-6-26-3/h9,12-17,20,23H,4-8,10H2,1-3H3,(H,21,24,25). The van der Waals surface area contributed by atoms with Gasteiger partial charge in [-0.2, -0.15) is 0 Å². The van der Waals surface area contributed by atoms with Gasteiger partial charge < -0.3 is 24.6 Å². The Kier molecular flexibility index (Phi) is 7.05. The van der Waals surface area contributed by atoms with Crippen LogP contribution in [0.15, 0.2) is 15.8 Å². The van der Waals surface area contributed by atoms with Crippen molar-refractivity contribution in [1.29, 1.82) is 0 Å². The van der Waals surface area contributed by atoms with Crippen molar-refractivity contribution in [3.05, 3.63) is 32.6 Å². The smallest absolute Gasteiger partial charge is 0.328 e. The molecular formula is C19H31N3O6. The third-order valence-electron chi connectivity index (χ3n) is 5.64. The summed E-state index contributed by atoms with van der Waals surface area (Å²) in [6.07, 6.45) is 2.37. The minimum atomic E-state index is -0.882. The normalized spacial score (nSPS) is 32.9. The lowest BCUT2D eigenvalue weighted by Gasteiger charge is -2.42. The summed E-state index contributed by atoms with van der Waals surface area (Å²) < 4.78 is 18.3. The molecular weight excluding hydrogens is 366 g/mol. The molecule has 6 unspecified atom stereocenters. The van der Waals surface area contributed by atoms with Crippen molar-refractivity contribution in [1.82, 2.24) is 14.9 Å². The summed E-state index contributed by atoms with van der Waals surface area (Å²) in [5, 5.41) is 14.4. The number of aliphatic hydroxyl groups is 1. The third-order valence-corrected chi connectivity index (χ3v) is 5.64. The topological polar surface area (TPSA) is 115 Å². The first-order valence-corrected chi connectivity index (χ1v) is 9.89. The van der Waals surface area contributed by atoms with Crippen molar-refractivity contribution in [2.45, 2.75) is 69.5 Å². The summed E-state index contributed by atoms with van der Waals surface area (Å²) in [4.78, 5) is 26.3. The van der Waals surface area contributed by atoms with Crippen molar-refractivity contribution < 1.29 is 19.3 Å². The van der Waals surface area contributed by atoms with E-state index < -0.39 is 29.5 Å². The van der Waals surface area contributed by atoms with Crippen LogP contribution in [0.1, 0.15) is 37.8 Å². The number of aromatic amines is 1. The quantitative estimate of drug-likeness (QED) is 0.516. The van der Waals surface area contributed by atoms with Gasteiger partial charge in [0.2, 0.25) is 0 Å². The molecule has 158 valence electrons. The zero-order valence-corrected chi connectivity index (χ0v) is 16.7. The molecule has 1 aromatic heterocycles. The van der Waals surface area contributed by atoms with Crippen molar-refractivity contribution in [3.8, 4) is 0 Å². The zero-order valence-electron chi connectivity index (χ0n) is 16.7. The zero-order chi connectivity index (χ0) is 20.3. The summed E-state index contributed by atoms with van der Waals surface area (Å²) >= 11 is 0. The van der Waals surface area contributed by atoms with Crippen LogP contribution >= 0.6 is 0 Å². The Hall–Kier alpha value is -1.52. The minimum Gasteiger partial charge on any atom is -0.388 e. The highest BCUT2D eigenvalue weighted by Crippen LogP contribution is 2.29. The van der Waals surface area contributed by atoms with Crippen molar-refractivity contribution in [2.75, 3.05) is 26.9 Å². The third kappa shape index (κ3) is 4.72. The average Bonchev–Trinajstić information content (AvgIpc) is 2.63. The SMILES string of the molecule is COCCOC1C(O)C(CCC2CC(C)N2)OCC1n1cc(C)c(=O)[nH]c1=O. The van der Waals surface area contributed by atoms with E-state index in [1.165, 1.54) is 10.8 Å². The fraction of sp³-hybridized carbons (Fsp3) is 0.789. The maximum atomic E-state index is 12.3. The van der Waals surface area contributed by atoms with Crippen LogP contribution in [0.25, 0.3) is 0 Å². The lowest BCUT2D eigenvalue weighted by atomic mass is 9.89. The van der Waals surface area contributed by atoms with Gasteiger partial charge in [-0.3, -0.25) is 14.3 Å². The summed E-state index contributed by atoms with van der Waals surface area (Å²) in [6.45, 7) is 4.67. The maximum Gasteiger partial charge on any atom is 0.328 e. The Morgan fingerprint density at radius 3 is 2.75 bits per heavy atom. The molecule has 1 aromatic rings. The van der Waals surface area contributed by atoms with E-state index >= 15 is 0 Å². The van der Waals surface area contributed by atoms with Crippen molar-refractivity contribution in [3.63, 3.8) is 0 Å². The van der Waals surface area contributed by atoms with E-state index in [9.17, 15) is 14.7 Å². The maximum absolute atomic E-state index is 12.3. The summed E-state index contributed by atoms with van der Waals surface area (Å²) in [5.74, 6) is 0. The molecule has 0 amide bonds. The van der Waals surface area contributed by atoms with Gasteiger partial charge in [0.1, 0.15) is 12.2 Å². The Labute approximate surface area is 164 Å². The summed E-state index contributed by atoms with van der Waals surface area (Å²) in [6, 6.07) is 0.473. The van der Waals surface area contributed by atoms with Gasteiger partial charge in [-0.1, -0.05) is 0 Å². The van der Waals surface area contributed by atoms with Crippen molar-refractivity contribution in [2.24, 2.45) is 0 Å². The molecule has 0 saturated carbocycles. The van der Waals surface area contributed by atoms with E-state index in [0.29, 0.717) is 37.3 Å². The van der Waals surface area contributed by atoms with Crippen LogP contribution in [-0.2, 0) is 14.2 Å². The number of rotatable bonds is 8. The lowest BCUT2D eigenvalue weighted by molar-refractivity contribution is -0.183. The monoisotopic (exact) mass is 397 g/mol. The molecule has 0 aromatic carbocycles. The molecule has 0 bridgehead atoms. The number of methoxy groups -OCH3 is 1. The van der Waals surface area contributed by atoms with Crippen LogP contribution < -0.4 is 16.6 Å². The second-order valence-electron chi connectivity index (χ2n) is 7.81. The number of H-pyrrole nitrogens is 1. The Balaban J connectivity index is 1.74. The Bertz CT molecular complexity index is 757. The van der Waals surface area contributed by atoms with E-state index in [4.69, 9.17) is 14.2 Å².